The third-order valence-corrected chi connectivity index (χ3v) is 2.63. The molecule has 1 unspecified atom stereocenters. The minimum atomic E-state index is -0.320. The highest BCUT2D eigenvalue weighted by molar-refractivity contribution is 5.90. The van der Waals surface area contributed by atoms with Crippen molar-refractivity contribution in [2.24, 2.45) is 0 Å². The number of hydrogen-bond acceptors (Lipinski definition) is 3. The van der Waals surface area contributed by atoms with Gasteiger partial charge < -0.3 is 5.32 Å². The number of nitrogens with zero attached hydrogens (tertiary/aromatic N) is 2. The van der Waals surface area contributed by atoms with Crippen molar-refractivity contribution in [2.75, 3.05) is 0 Å². The Morgan fingerprint density at radius 1 is 1.42 bits per heavy atom. The van der Waals surface area contributed by atoms with Crippen LogP contribution in [0.4, 0.5) is 4.39 Å². The first kappa shape index (κ1) is 13.2. The number of H-pyrrole nitrogens is 1. The maximum atomic E-state index is 12.8. The summed E-state index contributed by atoms with van der Waals surface area (Å²) in [5.74, 6) is 0.135. The molecule has 0 aliphatic carbocycles. The Balaban J connectivity index is 1.92. The van der Waals surface area contributed by atoms with Gasteiger partial charge in [0.1, 0.15) is 11.6 Å². The summed E-state index contributed by atoms with van der Waals surface area (Å²) in [6.07, 6.45) is 0.620. The summed E-state index contributed by atoms with van der Waals surface area (Å²) >= 11 is 0. The lowest BCUT2D eigenvalue weighted by Gasteiger charge is -2.12. The zero-order valence-electron chi connectivity index (χ0n) is 10.8. The molecular formula is C13H15FN4O. The van der Waals surface area contributed by atoms with Crippen molar-refractivity contribution in [3.8, 4) is 0 Å². The number of carbonyl (C=O) groups is 1. The van der Waals surface area contributed by atoms with Gasteiger partial charge in [-0.2, -0.15) is 0 Å². The van der Waals surface area contributed by atoms with Gasteiger partial charge in [0.15, 0.2) is 0 Å². The van der Waals surface area contributed by atoms with Crippen LogP contribution in [-0.4, -0.2) is 27.1 Å². The first-order chi connectivity index (χ1) is 9.04. The van der Waals surface area contributed by atoms with E-state index in [-0.39, 0.29) is 23.6 Å². The zero-order valence-corrected chi connectivity index (χ0v) is 10.8. The van der Waals surface area contributed by atoms with E-state index in [0.29, 0.717) is 12.2 Å². The molecule has 5 nitrogen and oxygen atoms in total. The standard InChI is InChI=1S/C13H15FN4O/c1-8(7-10-3-5-11(14)6-4-10)15-13(19)12-16-9(2)17-18-12/h3-6,8H,7H2,1-2H3,(H,15,19)(H,16,17,18). The maximum Gasteiger partial charge on any atom is 0.291 e. The molecule has 0 saturated carbocycles. The van der Waals surface area contributed by atoms with Crippen LogP contribution in [0.5, 0.6) is 0 Å². The average molecular weight is 262 g/mol. The second-order valence-corrected chi connectivity index (χ2v) is 4.45. The third-order valence-electron chi connectivity index (χ3n) is 2.63. The molecule has 1 heterocycles. The normalized spacial score (nSPS) is 12.2. The summed E-state index contributed by atoms with van der Waals surface area (Å²) in [4.78, 5) is 15.8. The highest BCUT2D eigenvalue weighted by Gasteiger charge is 2.14. The minimum Gasteiger partial charge on any atom is -0.346 e. The second kappa shape index (κ2) is 5.60. The minimum absolute atomic E-state index is 0.0863. The third kappa shape index (κ3) is 3.61. The van der Waals surface area contributed by atoms with Crippen molar-refractivity contribution in [2.45, 2.75) is 26.3 Å². The molecule has 0 radical (unpaired) electrons. The molecule has 100 valence electrons. The van der Waals surface area contributed by atoms with Crippen molar-refractivity contribution < 1.29 is 9.18 Å². The van der Waals surface area contributed by atoms with E-state index in [4.69, 9.17) is 0 Å². The molecule has 2 N–H and O–H groups in total. The molecule has 0 aliphatic heterocycles. The predicted molar refractivity (Wildman–Crippen MR) is 68.2 cm³/mol. The summed E-state index contributed by atoms with van der Waals surface area (Å²) in [5, 5.41) is 9.20. The van der Waals surface area contributed by atoms with Gasteiger partial charge >= 0.3 is 0 Å². The van der Waals surface area contributed by atoms with Gasteiger partial charge in [-0.25, -0.2) is 9.37 Å². The number of benzene rings is 1. The number of nitrogens with one attached hydrogen (secondary N) is 2. The van der Waals surface area contributed by atoms with E-state index in [9.17, 15) is 9.18 Å². The van der Waals surface area contributed by atoms with Crippen LogP contribution < -0.4 is 5.32 Å². The van der Waals surface area contributed by atoms with E-state index in [0.717, 1.165) is 5.56 Å². The lowest BCUT2D eigenvalue weighted by Crippen LogP contribution is -2.34. The van der Waals surface area contributed by atoms with Crippen molar-refractivity contribution in [3.63, 3.8) is 0 Å². The number of rotatable bonds is 4. The van der Waals surface area contributed by atoms with Gasteiger partial charge in [-0.3, -0.25) is 9.89 Å². The Bertz CT molecular complexity index is 564. The van der Waals surface area contributed by atoms with E-state index in [2.05, 4.69) is 20.5 Å². The van der Waals surface area contributed by atoms with Crippen molar-refractivity contribution >= 4 is 5.91 Å². The van der Waals surface area contributed by atoms with Crippen LogP contribution in [0.1, 0.15) is 28.9 Å². The molecule has 0 saturated heterocycles. The van der Waals surface area contributed by atoms with Gasteiger partial charge in [0.05, 0.1) is 0 Å². The number of hydrogen-bond donors (Lipinski definition) is 2. The molecule has 2 rings (SSSR count). The Kier molecular flexibility index (Phi) is 3.89. The zero-order chi connectivity index (χ0) is 13.8. The Hall–Kier alpha value is -2.24. The van der Waals surface area contributed by atoms with Gasteiger partial charge in [-0.1, -0.05) is 12.1 Å². The van der Waals surface area contributed by atoms with E-state index in [1.54, 1.807) is 19.1 Å². The molecule has 0 bridgehead atoms. The molecule has 0 spiro atoms. The lowest BCUT2D eigenvalue weighted by molar-refractivity contribution is 0.0930. The fraction of sp³-hybridized carbons (Fsp3) is 0.308. The van der Waals surface area contributed by atoms with Gasteiger partial charge in [0.2, 0.25) is 5.82 Å². The molecule has 1 aromatic carbocycles. The molecule has 0 fully saturated rings. The van der Waals surface area contributed by atoms with E-state index >= 15 is 0 Å². The maximum absolute atomic E-state index is 12.8. The van der Waals surface area contributed by atoms with Gasteiger partial charge in [0, 0.05) is 6.04 Å². The summed E-state index contributed by atoms with van der Waals surface area (Å²) in [6, 6.07) is 6.13. The average Bonchev–Trinajstić information content (AvgIpc) is 2.79. The Morgan fingerprint density at radius 3 is 2.68 bits per heavy atom. The van der Waals surface area contributed by atoms with Crippen LogP contribution >= 0.6 is 0 Å². The van der Waals surface area contributed by atoms with Crippen LogP contribution in [0.3, 0.4) is 0 Å². The van der Waals surface area contributed by atoms with Gasteiger partial charge in [0.25, 0.3) is 5.91 Å². The van der Waals surface area contributed by atoms with Crippen LogP contribution in [0.15, 0.2) is 24.3 Å². The number of halogens is 1. The van der Waals surface area contributed by atoms with Crippen LogP contribution in [0, 0.1) is 12.7 Å². The molecule has 1 aromatic heterocycles. The number of aromatic nitrogens is 3. The number of aryl methyl sites for hydroxylation is 1. The quantitative estimate of drug-likeness (QED) is 0.879. The molecule has 0 aliphatic rings. The monoisotopic (exact) mass is 262 g/mol. The fourth-order valence-electron chi connectivity index (χ4n) is 1.76. The first-order valence-electron chi connectivity index (χ1n) is 5.99. The molecule has 2 aromatic rings. The second-order valence-electron chi connectivity index (χ2n) is 4.45. The highest BCUT2D eigenvalue weighted by atomic mass is 19.1. The number of amides is 1. The van der Waals surface area contributed by atoms with Gasteiger partial charge in [-0.15, -0.1) is 5.10 Å². The van der Waals surface area contributed by atoms with Crippen molar-refractivity contribution in [1.82, 2.24) is 20.5 Å². The van der Waals surface area contributed by atoms with Crippen molar-refractivity contribution in [1.29, 1.82) is 0 Å². The first-order valence-corrected chi connectivity index (χ1v) is 5.99. The van der Waals surface area contributed by atoms with Crippen LogP contribution in [-0.2, 0) is 6.42 Å². The molecular weight excluding hydrogens is 247 g/mol. The van der Waals surface area contributed by atoms with Crippen LogP contribution in [0.2, 0.25) is 0 Å². The molecule has 19 heavy (non-hydrogen) atoms. The summed E-state index contributed by atoms with van der Waals surface area (Å²) in [5.41, 5.74) is 0.959. The van der Waals surface area contributed by atoms with E-state index in [1.807, 2.05) is 6.92 Å². The van der Waals surface area contributed by atoms with E-state index in [1.165, 1.54) is 12.1 Å². The van der Waals surface area contributed by atoms with Gasteiger partial charge in [-0.05, 0) is 38.0 Å². The Labute approximate surface area is 110 Å². The smallest absolute Gasteiger partial charge is 0.291 e. The highest BCUT2D eigenvalue weighted by Crippen LogP contribution is 2.06. The molecule has 6 heteroatoms. The summed E-state index contributed by atoms with van der Waals surface area (Å²) in [6.45, 7) is 3.60. The Morgan fingerprint density at radius 2 is 2.11 bits per heavy atom. The van der Waals surface area contributed by atoms with E-state index < -0.39 is 0 Å². The largest absolute Gasteiger partial charge is 0.346 e. The number of carbonyl (C=O) groups excluding carboxylic acids is 1. The number of aromatic amines is 1. The summed E-state index contributed by atoms with van der Waals surface area (Å²) < 4.78 is 12.8. The molecule has 1 amide bonds. The SMILES string of the molecule is Cc1nc(C(=O)NC(C)Cc2ccc(F)cc2)n[nH]1. The lowest BCUT2D eigenvalue weighted by atomic mass is 10.1. The predicted octanol–water partition coefficient (Wildman–Crippen LogP) is 1.61. The molecule has 1 atom stereocenters. The topological polar surface area (TPSA) is 70.7 Å². The summed E-state index contributed by atoms with van der Waals surface area (Å²) in [7, 11) is 0. The van der Waals surface area contributed by atoms with Crippen LogP contribution in [0.25, 0.3) is 0 Å². The fourth-order valence-corrected chi connectivity index (χ4v) is 1.76. The van der Waals surface area contributed by atoms with Crippen molar-refractivity contribution in [3.05, 3.63) is 47.3 Å².